The van der Waals surface area contributed by atoms with Crippen LogP contribution in [0.4, 0.5) is 0 Å². The first-order valence-corrected chi connectivity index (χ1v) is 3.13. The molecule has 0 saturated heterocycles. The van der Waals surface area contributed by atoms with Crippen molar-refractivity contribution in [2.45, 2.75) is 19.0 Å². The number of aromatic nitrogens is 2. The Bertz CT molecular complexity index is 216. The van der Waals surface area contributed by atoms with Gasteiger partial charge in [0.15, 0.2) is 0 Å². The van der Waals surface area contributed by atoms with E-state index in [0.717, 1.165) is 13.0 Å². The maximum Gasteiger partial charge on any atom is 0.0948 e. The van der Waals surface area contributed by atoms with E-state index in [1.807, 2.05) is 12.5 Å². The molecule has 0 aromatic carbocycles. The molecule has 0 aliphatic carbocycles. The maximum atomic E-state index is 5.73. The second-order valence-corrected chi connectivity index (χ2v) is 2.41. The fourth-order valence-electron chi connectivity index (χ4n) is 1.25. The SMILES string of the molecule is NC1CCn2cncc21. The molecule has 0 saturated carbocycles. The summed E-state index contributed by atoms with van der Waals surface area (Å²) in [4.78, 5) is 3.98. The largest absolute Gasteiger partial charge is 0.333 e. The van der Waals surface area contributed by atoms with E-state index < -0.39 is 0 Å². The lowest BCUT2D eigenvalue weighted by molar-refractivity contribution is 0.678. The average Bonchev–Trinajstić information content (AvgIpc) is 2.35. The van der Waals surface area contributed by atoms with Crippen LogP contribution >= 0.6 is 0 Å². The molecule has 0 bridgehead atoms. The summed E-state index contributed by atoms with van der Waals surface area (Å²) in [5, 5.41) is 0. The summed E-state index contributed by atoms with van der Waals surface area (Å²) in [5.74, 6) is 0. The Hall–Kier alpha value is -0.830. The van der Waals surface area contributed by atoms with Crippen LogP contribution in [0.1, 0.15) is 18.2 Å². The summed E-state index contributed by atoms with van der Waals surface area (Å²) in [6.07, 6.45) is 4.75. The van der Waals surface area contributed by atoms with E-state index in [0.29, 0.717) is 0 Å². The van der Waals surface area contributed by atoms with Gasteiger partial charge in [0.05, 0.1) is 12.0 Å². The molecule has 1 atom stereocenters. The molecule has 0 spiro atoms. The molecule has 0 amide bonds. The molecule has 2 N–H and O–H groups in total. The molecule has 1 aliphatic heterocycles. The van der Waals surface area contributed by atoms with Gasteiger partial charge < -0.3 is 10.3 Å². The number of hydrogen-bond donors (Lipinski definition) is 1. The van der Waals surface area contributed by atoms with E-state index >= 15 is 0 Å². The predicted molar refractivity (Wildman–Crippen MR) is 33.8 cm³/mol. The highest BCUT2D eigenvalue weighted by atomic mass is 15.1. The van der Waals surface area contributed by atoms with Gasteiger partial charge in [0.25, 0.3) is 0 Å². The van der Waals surface area contributed by atoms with Crippen molar-refractivity contribution in [2.75, 3.05) is 0 Å². The van der Waals surface area contributed by atoms with Crippen molar-refractivity contribution in [2.24, 2.45) is 5.73 Å². The summed E-state index contributed by atoms with van der Waals surface area (Å²) in [6, 6.07) is 0.229. The summed E-state index contributed by atoms with van der Waals surface area (Å²) < 4.78 is 2.10. The zero-order valence-electron chi connectivity index (χ0n) is 5.12. The van der Waals surface area contributed by atoms with Gasteiger partial charge in [-0.1, -0.05) is 0 Å². The Morgan fingerprint density at radius 3 is 3.44 bits per heavy atom. The van der Waals surface area contributed by atoms with E-state index in [-0.39, 0.29) is 6.04 Å². The van der Waals surface area contributed by atoms with E-state index in [2.05, 4.69) is 9.55 Å². The van der Waals surface area contributed by atoms with Crippen LogP contribution in [0.3, 0.4) is 0 Å². The molecule has 2 heterocycles. The normalized spacial score (nSPS) is 24.3. The third-order valence-electron chi connectivity index (χ3n) is 1.81. The Labute approximate surface area is 53.5 Å². The fourth-order valence-corrected chi connectivity index (χ4v) is 1.25. The Balaban J connectivity index is 2.49. The lowest BCUT2D eigenvalue weighted by atomic mass is 10.2. The van der Waals surface area contributed by atoms with Gasteiger partial charge in [-0.25, -0.2) is 4.98 Å². The average molecular weight is 123 g/mol. The van der Waals surface area contributed by atoms with Crippen LogP contribution in [-0.4, -0.2) is 9.55 Å². The smallest absolute Gasteiger partial charge is 0.0948 e. The van der Waals surface area contributed by atoms with Crippen LogP contribution in [-0.2, 0) is 6.54 Å². The van der Waals surface area contributed by atoms with Crippen LogP contribution in [0.15, 0.2) is 12.5 Å². The van der Waals surface area contributed by atoms with Gasteiger partial charge in [-0.3, -0.25) is 0 Å². The predicted octanol–water partition coefficient (Wildman–Crippen LogP) is 0.287. The molecule has 0 fully saturated rings. The zero-order chi connectivity index (χ0) is 6.27. The highest BCUT2D eigenvalue weighted by Gasteiger charge is 2.17. The second kappa shape index (κ2) is 1.57. The van der Waals surface area contributed by atoms with Gasteiger partial charge in [0, 0.05) is 18.8 Å². The number of aryl methyl sites for hydroxylation is 1. The Kier molecular flexibility index (Phi) is 0.873. The first-order valence-electron chi connectivity index (χ1n) is 3.13. The minimum Gasteiger partial charge on any atom is -0.333 e. The Morgan fingerprint density at radius 1 is 1.78 bits per heavy atom. The van der Waals surface area contributed by atoms with E-state index in [1.54, 1.807) is 0 Å². The van der Waals surface area contributed by atoms with E-state index in [1.165, 1.54) is 5.69 Å². The summed E-state index contributed by atoms with van der Waals surface area (Å²) in [6.45, 7) is 1.04. The first kappa shape index (κ1) is 4.99. The van der Waals surface area contributed by atoms with Gasteiger partial charge in [-0.15, -0.1) is 0 Å². The van der Waals surface area contributed by atoms with Crippen LogP contribution in [0, 0.1) is 0 Å². The zero-order valence-corrected chi connectivity index (χ0v) is 5.12. The molecular weight excluding hydrogens is 114 g/mol. The molecule has 2 rings (SSSR count). The van der Waals surface area contributed by atoms with Crippen LogP contribution < -0.4 is 5.73 Å². The summed E-state index contributed by atoms with van der Waals surface area (Å²) in [5.41, 5.74) is 6.91. The monoisotopic (exact) mass is 123 g/mol. The van der Waals surface area contributed by atoms with Crippen LogP contribution in [0.25, 0.3) is 0 Å². The van der Waals surface area contributed by atoms with Gasteiger partial charge in [0.2, 0.25) is 0 Å². The number of nitrogens with two attached hydrogens (primary N) is 1. The quantitative estimate of drug-likeness (QED) is 0.538. The molecule has 9 heavy (non-hydrogen) atoms. The van der Waals surface area contributed by atoms with Gasteiger partial charge in [-0.05, 0) is 6.42 Å². The highest BCUT2D eigenvalue weighted by Crippen LogP contribution is 2.21. The lowest BCUT2D eigenvalue weighted by Crippen LogP contribution is -2.04. The topological polar surface area (TPSA) is 43.8 Å². The molecule has 3 heteroatoms. The second-order valence-electron chi connectivity index (χ2n) is 2.41. The molecule has 1 aromatic rings. The maximum absolute atomic E-state index is 5.73. The molecule has 1 aliphatic rings. The van der Waals surface area contributed by atoms with Crippen LogP contribution in [0.5, 0.6) is 0 Å². The van der Waals surface area contributed by atoms with Crippen molar-refractivity contribution in [1.82, 2.24) is 9.55 Å². The summed E-state index contributed by atoms with van der Waals surface area (Å²) >= 11 is 0. The van der Waals surface area contributed by atoms with Crippen molar-refractivity contribution >= 4 is 0 Å². The third-order valence-corrected chi connectivity index (χ3v) is 1.81. The number of hydrogen-bond acceptors (Lipinski definition) is 2. The molecule has 1 unspecified atom stereocenters. The van der Waals surface area contributed by atoms with Gasteiger partial charge >= 0.3 is 0 Å². The van der Waals surface area contributed by atoms with Crippen molar-refractivity contribution in [3.8, 4) is 0 Å². The van der Waals surface area contributed by atoms with Crippen LogP contribution in [0.2, 0.25) is 0 Å². The Morgan fingerprint density at radius 2 is 2.67 bits per heavy atom. The molecule has 0 radical (unpaired) electrons. The summed E-state index contributed by atoms with van der Waals surface area (Å²) in [7, 11) is 0. The fraction of sp³-hybridized carbons (Fsp3) is 0.500. The van der Waals surface area contributed by atoms with Crippen molar-refractivity contribution < 1.29 is 0 Å². The van der Waals surface area contributed by atoms with E-state index in [4.69, 9.17) is 5.73 Å². The molecule has 48 valence electrons. The minimum atomic E-state index is 0.229. The standard InChI is InChI=1S/C6H9N3/c7-5-1-2-9-4-8-3-6(5)9/h3-5H,1-2,7H2. The van der Waals surface area contributed by atoms with Crippen molar-refractivity contribution in [1.29, 1.82) is 0 Å². The molecule has 1 aromatic heterocycles. The minimum absolute atomic E-state index is 0.229. The van der Waals surface area contributed by atoms with Crippen molar-refractivity contribution in [3.05, 3.63) is 18.2 Å². The lowest BCUT2D eigenvalue weighted by Gasteiger charge is -1.95. The number of fused-ring (bicyclic) bond motifs is 1. The van der Waals surface area contributed by atoms with Gasteiger partial charge in [0.1, 0.15) is 0 Å². The number of rotatable bonds is 0. The van der Waals surface area contributed by atoms with E-state index in [9.17, 15) is 0 Å². The van der Waals surface area contributed by atoms with Crippen molar-refractivity contribution in [3.63, 3.8) is 0 Å². The highest BCUT2D eigenvalue weighted by molar-refractivity contribution is 5.08. The molecular formula is C6H9N3. The molecule has 3 nitrogen and oxygen atoms in total. The van der Waals surface area contributed by atoms with Gasteiger partial charge in [-0.2, -0.15) is 0 Å². The number of nitrogens with zero attached hydrogens (tertiary/aromatic N) is 2. The first-order chi connectivity index (χ1) is 4.38. The third kappa shape index (κ3) is 0.580. The number of imidazole rings is 1.